The predicted molar refractivity (Wildman–Crippen MR) is 66.0 cm³/mol. The molecule has 1 fully saturated rings. The fraction of sp³-hybridized carbons (Fsp3) is 0.364. The van der Waals surface area contributed by atoms with Crippen LogP contribution in [0.15, 0.2) is 12.1 Å². The minimum absolute atomic E-state index is 0.0585. The first-order valence-corrected chi connectivity index (χ1v) is 5.82. The summed E-state index contributed by atoms with van der Waals surface area (Å²) in [4.78, 5) is 28.3. The highest BCUT2D eigenvalue weighted by atomic mass is 35.5. The van der Waals surface area contributed by atoms with Crippen molar-refractivity contribution >= 4 is 29.3 Å². The van der Waals surface area contributed by atoms with E-state index in [0.717, 1.165) is 0 Å². The van der Waals surface area contributed by atoms with Gasteiger partial charge in [0.1, 0.15) is 17.0 Å². The molecule has 6 nitrogen and oxygen atoms in total. The van der Waals surface area contributed by atoms with Gasteiger partial charge in [-0.15, -0.1) is 0 Å². The van der Waals surface area contributed by atoms with Gasteiger partial charge < -0.3 is 15.3 Å². The van der Waals surface area contributed by atoms with Crippen LogP contribution in [0.5, 0.6) is 0 Å². The highest BCUT2D eigenvalue weighted by Crippen LogP contribution is 2.21. The Morgan fingerprint density at radius 2 is 2.33 bits per heavy atom. The normalized spacial score (nSPS) is 19.6. The Hall–Kier alpha value is -1.82. The Morgan fingerprint density at radius 3 is 3.00 bits per heavy atom. The molecule has 1 aliphatic heterocycles. The molecule has 0 spiro atoms. The standard InChI is InChI=1S/C11H12ClN3O3/c1-6-10(16)13-2-3-15(6)9-5-7(11(17)18)4-8(12)14-9/h4-6H,2-3H2,1H3,(H,13,16)(H,17,18). The van der Waals surface area contributed by atoms with Crippen molar-refractivity contribution in [3.63, 3.8) is 0 Å². The fourth-order valence-corrected chi connectivity index (χ4v) is 2.05. The molecule has 2 N–H and O–H groups in total. The maximum atomic E-state index is 11.6. The molecule has 1 unspecified atom stereocenters. The number of piperazine rings is 1. The number of carboxylic acids is 1. The summed E-state index contributed by atoms with van der Waals surface area (Å²) >= 11 is 5.80. The van der Waals surface area contributed by atoms with E-state index in [1.165, 1.54) is 12.1 Å². The molecule has 0 saturated carbocycles. The molecule has 1 amide bonds. The van der Waals surface area contributed by atoms with Crippen LogP contribution in [-0.2, 0) is 4.79 Å². The third-order valence-electron chi connectivity index (χ3n) is 2.82. The van der Waals surface area contributed by atoms with Crippen LogP contribution in [0.2, 0.25) is 5.15 Å². The first-order chi connectivity index (χ1) is 8.49. The molecule has 18 heavy (non-hydrogen) atoms. The molecule has 2 heterocycles. The molecule has 1 atom stereocenters. The largest absolute Gasteiger partial charge is 0.478 e. The molecule has 1 aromatic heterocycles. The number of hydrogen-bond acceptors (Lipinski definition) is 4. The average Bonchev–Trinajstić information content (AvgIpc) is 2.31. The molecule has 0 aliphatic carbocycles. The number of amides is 1. The molecule has 96 valence electrons. The Labute approximate surface area is 109 Å². The van der Waals surface area contributed by atoms with Crippen molar-refractivity contribution in [2.24, 2.45) is 0 Å². The van der Waals surface area contributed by atoms with Crippen LogP contribution in [0.4, 0.5) is 5.82 Å². The number of carbonyl (C=O) groups is 2. The van der Waals surface area contributed by atoms with Gasteiger partial charge in [-0.3, -0.25) is 4.79 Å². The number of halogens is 1. The minimum atomic E-state index is -1.07. The van der Waals surface area contributed by atoms with E-state index >= 15 is 0 Å². The van der Waals surface area contributed by atoms with Crippen LogP contribution >= 0.6 is 11.6 Å². The lowest BCUT2D eigenvalue weighted by molar-refractivity contribution is -0.122. The van der Waals surface area contributed by atoms with Gasteiger partial charge in [-0.05, 0) is 19.1 Å². The zero-order valence-corrected chi connectivity index (χ0v) is 10.4. The zero-order chi connectivity index (χ0) is 13.3. The monoisotopic (exact) mass is 269 g/mol. The number of pyridine rings is 1. The van der Waals surface area contributed by atoms with Crippen LogP contribution in [0.25, 0.3) is 0 Å². The van der Waals surface area contributed by atoms with Crippen molar-refractivity contribution in [2.45, 2.75) is 13.0 Å². The smallest absolute Gasteiger partial charge is 0.335 e. The number of aromatic carboxylic acids is 1. The molecule has 1 aliphatic rings. The highest BCUT2D eigenvalue weighted by molar-refractivity contribution is 6.29. The first-order valence-electron chi connectivity index (χ1n) is 5.44. The molecule has 1 saturated heterocycles. The minimum Gasteiger partial charge on any atom is -0.478 e. The molecule has 7 heteroatoms. The lowest BCUT2D eigenvalue weighted by atomic mass is 10.2. The molecule has 0 radical (unpaired) electrons. The molecule has 1 aromatic rings. The van der Waals surface area contributed by atoms with E-state index in [2.05, 4.69) is 10.3 Å². The summed E-state index contributed by atoms with van der Waals surface area (Å²) in [5, 5.41) is 11.8. The van der Waals surface area contributed by atoms with Crippen molar-refractivity contribution in [1.29, 1.82) is 0 Å². The Morgan fingerprint density at radius 1 is 1.61 bits per heavy atom. The van der Waals surface area contributed by atoms with Crippen LogP contribution < -0.4 is 10.2 Å². The SMILES string of the molecule is CC1C(=O)NCCN1c1cc(C(=O)O)cc(Cl)n1. The topological polar surface area (TPSA) is 82.5 Å². The second-order valence-corrected chi connectivity index (χ2v) is 4.39. The molecule has 2 rings (SSSR count). The number of carbonyl (C=O) groups excluding carboxylic acids is 1. The van der Waals surface area contributed by atoms with E-state index < -0.39 is 12.0 Å². The number of carboxylic acid groups (broad SMARTS) is 1. The maximum absolute atomic E-state index is 11.6. The third-order valence-corrected chi connectivity index (χ3v) is 3.01. The van der Waals surface area contributed by atoms with Crippen LogP contribution in [0.1, 0.15) is 17.3 Å². The number of rotatable bonds is 2. The van der Waals surface area contributed by atoms with Crippen LogP contribution in [0.3, 0.4) is 0 Å². The quantitative estimate of drug-likeness (QED) is 0.775. The van der Waals surface area contributed by atoms with Crippen molar-refractivity contribution in [2.75, 3.05) is 18.0 Å². The van der Waals surface area contributed by atoms with Gasteiger partial charge in [0.2, 0.25) is 5.91 Å². The second kappa shape index (κ2) is 4.81. The van der Waals surface area contributed by atoms with E-state index in [0.29, 0.717) is 18.9 Å². The van der Waals surface area contributed by atoms with Crippen molar-refractivity contribution in [3.8, 4) is 0 Å². The molecule has 0 aromatic carbocycles. The molecular formula is C11H12ClN3O3. The van der Waals surface area contributed by atoms with Crippen molar-refractivity contribution in [1.82, 2.24) is 10.3 Å². The van der Waals surface area contributed by atoms with Crippen molar-refractivity contribution < 1.29 is 14.7 Å². The third kappa shape index (κ3) is 2.38. The van der Waals surface area contributed by atoms with Gasteiger partial charge in [-0.1, -0.05) is 11.6 Å². The van der Waals surface area contributed by atoms with Gasteiger partial charge in [-0.25, -0.2) is 9.78 Å². The van der Waals surface area contributed by atoms with E-state index in [4.69, 9.17) is 16.7 Å². The van der Waals surface area contributed by atoms with Gasteiger partial charge in [0.05, 0.1) is 5.56 Å². The van der Waals surface area contributed by atoms with Gasteiger partial charge in [0.15, 0.2) is 0 Å². The number of nitrogens with one attached hydrogen (secondary N) is 1. The van der Waals surface area contributed by atoms with Crippen LogP contribution in [-0.4, -0.2) is 41.1 Å². The molecular weight excluding hydrogens is 258 g/mol. The number of aromatic nitrogens is 1. The Balaban J connectivity index is 2.38. The van der Waals surface area contributed by atoms with E-state index in [-0.39, 0.29) is 16.6 Å². The maximum Gasteiger partial charge on any atom is 0.335 e. The average molecular weight is 270 g/mol. The van der Waals surface area contributed by atoms with Gasteiger partial charge in [0, 0.05) is 13.1 Å². The number of nitrogens with zero attached hydrogens (tertiary/aromatic N) is 2. The van der Waals surface area contributed by atoms with Gasteiger partial charge in [0.25, 0.3) is 0 Å². The van der Waals surface area contributed by atoms with Crippen molar-refractivity contribution in [3.05, 3.63) is 22.8 Å². The van der Waals surface area contributed by atoms with E-state index in [1.54, 1.807) is 11.8 Å². The lowest BCUT2D eigenvalue weighted by Crippen LogP contribution is -2.54. The summed E-state index contributed by atoms with van der Waals surface area (Å²) in [7, 11) is 0. The van der Waals surface area contributed by atoms with Gasteiger partial charge >= 0.3 is 5.97 Å². The second-order valence-electron chi connectivity index (χ2n) is 4.00. The number of hydrogen-bond donors (Lipinski definition) is 2. The van der Waals surface area contributed by atoms with Crippen LogP contribution in [0, 0.1) is 0 Å². The summed E-state index contributed by atoms with van der Waals surface area (Å²) in [5.41, 5.74) is 0.0585. The summed E-state index contributed by atoms with van der Waals surface area (Å²) in [6.45, 7) is 2.80. The summed E-state index contributed by atoms with van der Waals surface area (Å²) in [6, 6.07) is 2.30. The Kier molecular flexibility index (Phi) is 3.38. The van der Waals surface area contributed by atoms with E-state index in [9.17, 15) is 9.59 Å². The number of anilines is 1. The lowest BCUT2D eigenvalue weighted by Gasteiger charge is -2.33. The Bertz CT molecular complexity index is 506. The fourth-order valence-electron chi connectivity index (χ4n) is 1.85. The predicted octanol–water partition coefficient (Wildman–Crippen LogP) is 0.758. The summed E-state index contributed by atoms with van der Waals surface area (Å²) in [5.74, 6) is -0.781. The summed E-state index contributed by atoms with van der Waals surface area (Å²) < 4.78 is 0. The van der Waals surface area contributed by atoms with Gasteiger partial charge in [-0.2, -0.15) is 0 Å². The highest BCUT2D eigenvalue weighted by Gasteiger charge is 2.27. The zero-order valence-electron chi connectivity index (χ0n) is 9.68. The molecule has 0 bridgehead atoms. The van der Waals surface area contributed by atoms with E-state index in [1.807, 2.05) is 0 Å². The first kappa shape index (κ1) is 12.6. The summed E-state index contributed by atoms with van der Waals surface area (Å²) in [6.07, 6.45) is 0.